The molecule has 2 aromatic rings. The smallest absolute Gasteiger partial charge is 0.255 e. The van der Waals surface area contributed by atoms with E-state index >= 15 is 0 Å². The number of nitrogens with zero attached hydrogens (tertiary/aromatic N) is 4. The highest BCUT2D eigenvalue weighted by molar-refractivity contribution is 5.99. The van der Waals surface area contributed by atoms with Crippen LogP contribution >= 0.6 is 0 Å². The van der Waals surface area contributed by atoms with Crippen LogP contribution in [-0.4, -0.2) is 51.7 Å². The van der Waals surface area contributed by atoms with Crippen LogP contribution < -0.4 is 5.32 Å². The Balaban J connectivity index is 1.49. The number of amides is 1. The summed E-state index contributed by atoms with van der Waals surface area (Å²) in [7, 11) is 1.93. The molecule has 154 valence electrons. The molecule has 0 aliphatic carbocycles. The van der Waals surface area contributed by atoms with Gasteiger partial charge in [-0.3, -0.25) is 14.4 Å². The Morgan fingerprint density at radius 3 is 2.77 bits per heavy atom. The summed E-state index contributed by atoms with van der Waals surface area (Å²) in [6.45, 7) is 6.05. The first-order valence-corrected chi connectivity index (χ1v) is 10.6. The Hall–Kier alpha value is -3.12. The first-order valence-electron chi connectivity index (χ1n) is 10.6. The van der Waals surface area contributed by atoms with Gasteiger partial charge < -0.3 is 10.2 Å². The van der Waals surface area contributed by atoms with Crippen molar-refractivity contribution < 1.29 is 4.79 Å². The Bertz CT molecular complexity index is 1110. The Morgan fingerprint density at radius 1 is 1.13 bits per heavy atom. The summed E-state index contributed by atoms with van der Waals surface area (Å²) in [6.07, 6.45) is 13.1. The third-order valence-corrected chi connectivity index (χ3v) is 6.13. The predicted octanol–water partition coefficient (Wildman–Crippen LogP) is 3.03. The number of fused-ring (bicyclic) bond motifs is 2. The number of hydrogen-bond acceptors (Lipinski definition) is 4. The fraction of sp³-hybridized carbons (Fsp3) is 0.333. The number of allylic oxidation sites excluding steroid dienone is 4. The van der Waals surface area contributed by atoms with Crippen LogP contribution in [0.1, 0.15) is 18.9 Å². The average Bonchev–Trinajstić information content (AvgIpc) is 3.14. The molecule has 1 atom stereocenters. The van der Waals surface area contributed by atoms with Crippen LogP contribution in [0.15, 0.2) is 66.3 Å². The van der Waals surface area contributed by atoms with Crippen molar-refractivity contribution in [1.29, 1.82) is 0 Å². The summed E-state index contributed by atoms with van der Waals surface area (Å²) in [6, 6.07) is 6.26. The molecule has 0 saturated carbocycles. The molecular formula is C24H27N5O. The van der Waals surface area contributed by atoms with Crippen LogP contribution in [0.25, 0.3) is 16.5 Å². The van der Waals surface area contributed by atoms with Crippen molar-refractivity contribution in [2.45, 2.75) is 13.3 Å². The first kappa shape index (κ1) is 18.9. The Kier molecular flexibility index (Phi) is 4.79. The van der Waals surface area contributed by atoms with Crippen LogP contribution in [0.2, 0.25) is 0 Å². The minimum atomic E-state index is 0.00562. The number of aryl methyl sites for hydroxylation is 1. The second-order valence-electron chi connectivity index (χ2n) is 8.27. The van der Waals surface area contributed by atoms with Crippen molar-refractivity contribution in [3.05, 3.63) is 71.9 Å². The fourth-order valence-electron chi connectivity index (χ4n) is 4.43. The lowest BCUT2D eigenvalue weighted by molar-refractivity contribution is -0.122. The van der Waals surface area contributed by atoms with Crippen molar-refractivity contribution >= 4 is 22.4 Å². The highest BCUT2D eigenvalue weighted by Gasteiger charge is 2.24. The topological polar surface area (TPSA) is 53.4 Å². The Morgan fingerprint density at radius 2 is 1.93 bits per heavy atom. The molecule has 1 fully saturated rings. The van der Waals surface area contributed by atoms with Crippen molar-refractivity contribution in [3.8, 4) is 0 Å². The van der Waals surface area contributed by atoms with Crippen molar-refractivity contribution in [1.82, 2.24) is 24.9 Å². The minimum Gasteiger partial charge on any atom is -0.368 e. The van der Waals surface area contributed by atoms with Crippen LogP contribution in [0, 0.1) is 5.92 Å². The summed E-state index contributed by atoms with van der Waals surface area (Å²) in [4.78, 5) is 17.4. The van der Waals surface area contributed by atoms with E-state index in [1.807, 2.05) is 36.3 Å². The molecule has 3 aliphatic rings. The van der Waals surface area contributed by atoms with Gasteiger partial charge in [-0.05, 0) is 47.8 Å². The SMILES string of the molecule is CC1CC=C2C=CC(N3CCNCC3)=CN2C(=O)C=C1c1ccc2nn(C)cc2c1. The van der Waals surface area contributed by atoms with Crippen molar-refractivity contribution in [2.75, 3.05) is 26.2 Å². The summed E-state index contributed by atoms with van der Waals surface area (Å²) in [5.74, 6) is 0.260. The number of piperazine rings is 1. The number of carbonyl (C=O) groups excluding carboxylic acids is 1. The lowest BCUT2D eigenvalue weighted by atomic mass is 9.89. The van der Waals surface area contributed by atoms with Gasteiger partial charge in [-0.2, -0.15) is 5.10 Å². The van der Waals surface area contributed by atoms with Gasteiger partial charge in [-0.25, -0.2) is 0 Å². The van der Waals surface area contributed by atoms with E-state index < -0.39 is 0 Å². The van der Waals surface area contributed by atoms with E-state index in [4.69, 9.17) is 0 Å². The van der Waals surface area contributed by atoms with Gasteiger partial charge in [0.15, 0.2) is 0 Å². The maximum atomic E-state index is 13.3. The van der Waals surface area contributed by atoms with Crippen LogP contribution in [0.5, 0.6) is 0 Å². The van der Waals surface area contributed by atoms with Crippen molar-refractivity contribution in [2.24, 2.45) is 13.0 Å². The van der Waals surface area contributed by atoms with Gasteiger partial charge in [0.1, 0.15) is 0 Å². The first-order chi connectivity index (χ1) is 14.6. The zero-order chi connectivity index (χ0) is 20.7. The molecule has 0 spiro atoms. The summed E-state index contributed by atoms with van der Waals surface area (Å²) < 4.78 is 1.83. The van der Waals surface area contributed by atoms with E-state index in [1.165, 1.54) is 0 Å². The average molecular weight is 402 g/mol. The molecule has 0 bridgehead atoms. The molecule has 0 radical (unpaired) electrons. The van der Waals surface area contributed by atoms with Gasteiger partial charge in [-0.15, -0.1) is 0 Å². The molecule has 1 aromatic carbocycles. The standard InChI is InChI=1S/C24H27N5O/c1-17-3-5-20-6-7-21(28-11-9-25-10-12-28)16-29(20)24(30)14-22(17)18-4-8-23-19(13-18)15-27(2)26-23/h4-8,13-17,25H,3,9-12H2,1-2H3. The number of carbonyl (C=O) groups is 1. The molecule has 1 amide bonds. The number of benzene rings is 1. The number of aromatic nitrogens is 2. The van der Waals surface area contributed by atoms with Crippen LogP contribution in [-0.2, 0) is 11.8 Å². The molecule has 6 nitrogen and oxygen atoms in total. The van der Waals surface area contributed by atoms with Gasteiger partial charge in [-0.1, -0.05) is 19.1 Å². The molecule has 5 rings (SSSR count). The summed E-state index contributed by atoms with van der Waals surface area (Å²) in [5.41, 5.74) is 5.20. The number of rotatable bonds is 2. The summed E-state index contributed by atoms with van der Waals surface area (Å²) >= 11 is 0. The lowest BCUT2D eigenvalue weighted by Gasteiger charge is -2.34. The molecule has 30 heavy (non-hydrogen) atoms. The largest absolute Gasteiger partial charge is 0.368 e. The highest BCUT2D eigenvalue weighted by Crippen LogP contribution is 2.32. The van der Waals surface area contributed by atoms with Gasteiger partial charge in [0, 0.05) is 62.8 Å². The number of nitrogens with one attached hydrogen (secondary N) is 1. The molecule has 1 N–H and O–H groups in total. The van der Waals surface area contributed by atoms with Crippen LogP contribution in [0.4, 0.5) is 0 Å². The zero-order valence-corrected chi connectivity index (χ0v) is 17.5. The molecule has 4 heterocycles. The highest BCUT2D eigenvalue weighted by atomic mass is 16.2. The second kappa shape index (κ2) is 7.61. The predicted molar refractivity (Wildman–Crippen MR) is 119 cm³/mol. The zero-order valence-electron chi connectivity index (χ0n) is 17.5. The molecule has 6 heteroatoms. The van der Waals surface area contributed by atoms with E-state index in [2.05, 4.69) is 52.6 Å². The molecule has 1 unspecified atom stereocenters. The number of hydrogen-bond donors (Lipinski definition) is 1. The van der Waals surface area contributed by atoms with E-state index in [1.54, 1.807) is 4.90 Å². The normalized spacial score (nSPS) is 22.3. The fourth-order valence-corrected chi connectivity index (χ4v) is 4.43. The minimum absolute atomic E-state index is 0.00562. The lowest BCUT2D eigenvalue weighted by Crippen LogP contribution is -2.43. The summed E-state index contributed by atoms with van der Waals surface area (Å²) in [5, 5.41) is 8.93. The van der Waals surface area contributed by atoms with Crippen LogP contribution in [0.3, 0.4) is 0 Å². The molecule has 1 saturated heterocycles. The van der Waals surface area contributed by atoms with Gasteiger partial charge >= 0.3 is 0 Å². The van der Waals surface area contributed by atoms with Gasteiger partial charge in [0.2, 0.25) is 0 Å². The molecule has 3 aliphatic heterocycles. The van der Waals surface area contributed by atoms with E-state index in [9.17, 15) is 4.79 Å². The monoisotopic (exact) mass is 401 g/mol. The maximum Gasteiger partial charge on any atom is 0.255 e. The third-order valence-electron chi connectivity index (χ3n) is 6.13. The van der Waals surface area contributed by atoms with E-state index in [-0.39, 0.29) is 11.8 Å². The molecule has 1 aromatic heterocycles. The van der Waals surface area contributed by atoms with E-state index in [0.717, 1.165) is 66.0 Å². The quantitative estimate of drug-likeness (QED) is 0.841. The van der Waals surface area contributed by atoms with Gasteiger partial charge in [0.25, 0.3) is 5.91 Å². The Labute approximate surface area is 176 Å². The second-order valence-corrected chi connectivity index (χ2v) is 8.27. The van der Waals surface area contributed by atoms with E-state index in [0.29, 0.717) is 0 Å². The maximum absolute atomic E-state index is 13.3. The third kappa shape index (κ3) is 3.48. The molecular weight excluding hydrogens is 374 g/mol. The van der Waals surface area contributed by atoms with Gasteiger partial charge in [0.05, 0.1) is 11.2 Å². The van der Waals surface area contributed by atoms with Crippen molar-refractivity contribution in [3.63, 3.8) is 0 Å².